The van der Waals surface area contributed by atoms with Crippen LogP contribution < -0.4 is 4.90 Å². The summed E-state index contributed by atoms with van der Waals surface area (Å²) in [6.07, 6.45) is 0. The largest absolute Gasteiger partial charge is 0.353 e. The lowest BCUT2D eigenvalue weighted by Crippen LogP contribution is -2.46. The van der Waals surface area contributed by atoms with E-state index in [1.165, 1.54) is 0 Å². The summed E-state index contributed by atoms with van der Waals surface area (Å²) in [5.41, 5.74) is 1.20. The summed E-state index contributed by atoms with van der Waals surface area (Å²) in [4.78, 5) is 8.88. The Kier molecular flexibility index (Phi) is 4.96. The first-order valence-electron chi connectivity index (χ1n) is 8.51. The topological polar surface area (TPSA) is 95.0 Å². The number of nitrogens with zero attached hydrogens (tertiary/aromatic N) is 7. The Hall–Kier alpha value is -3.02. The first-order chi connectivity index (χ1) is 13.2. The van der Waals surface area contributed by atoms with E-state index in [9.17, 15) is 0 Å². The maximum atomic E-state index is 8.80. The van der Waals surface area contributed by atoms with Crippen LogP contribution in [0.25, 0.3) is 11.4 Å². The van der Waals surface area contributed by atoms with Crippen molar-refractivity contribution in [1.29, 1.82) is 5.26 Å². The van der Waals surface area contributed by atoms with Crippen LogP contribution in [0.2, 0.25) is 5.02 Å². The average molecular weight is 382 g/mol. The summed E-state index contributed by atoms with van der Waals surface area (Å²) in [7, 11) is 0. The molecule has 0 saturated carbocycles. The fraction of sp³-hybridized carbons (Fsp3) is 0.278. The minimum absolute atomic E-state index is 0.324. The van der Waals surface area contributed by atoms with Crippen molar-refractivity contribution >= 4 is 17.4 Å². The molecule has 4 rings (SSSR count). The fourth-order valence-electron chi connectivity index (χ4n) is 2.92. The van der Waals surface area contributed by atoms with Crippen LogP contribution in [0.15, 0.2) is 40.9 Å². The van der Waals surface area contributed by atoms with E-state index < -0.39 is 0 Å². The number of hydrogen-bond acceptors (Lipinski definition) is 8. The molecule has 27 heavy (non-hydrogen) atoms. The summed E-state index contributed by atoms with van der Waals surface area (Å²) < 4.78 is 5.39. The molecule has 0 unspecified atom stereocenters. The maximum Gasteiger partial charge on any atom is 0.241 e. The maximum absolute atomic E-state index is 8.80. The van der Waals surface area contributed by atoms with Crippen molar-refractivity contribution in [2.45, 2.75) is 6.54 Å². The molecule has 2 aromatic heterocycles. The van der Waals surface area contributed by atoms with Gasteiger partial charge in [-0.05, 0) is 36.4 Å². The van der Waals surface area contributed by atoms with Crippen LogP contribution in [-0.2, 0) is 6.54 Å². The van der Waals surface area contributed by atoms with Crippen LogP contribution in [0.5, 0.6) is 0 Å². The quantitative estimate of drug-likeness (QED) is 0.679. The molecule has 1 aromatic carbocycles. The highest BCUT2D eigenvalue weighted by Crippen LogP contribution is 2.20. The molecule has 1 aliphatic rings. The van der Waals surface area contributed by atoms with E-state index in [0.717, 1.165) is 37.6 Å². The van der Waals surface area contributed by atoms with E-state index in [1.807, 2.05) is 24.3 Å². The highest BCUT2D eigenvalue weighted by atomic mass is 35.5. The molecule has 3 aromatic rings. The van der Waals surface area contributed by atoms with Gasteiger partial charge in [0.1, 0.15) is 6.07 Å². The van der Waals surface area contributed by atoms with E-state index in [4.69, 9.17) is 21.4 Å². The first-order valence-corrected chi connectivity index (χ1v) is 8.89. The second-order valence-electron chi connectivity index (χ2n) is 6.17. The molecule has 0 atom stereocenters. The second kappa shape index (κ2) is 7.70. The molecule has 1 saturated heterocycles. The van der Waals surface area contributed by atoms with Crippen molar-refractivity contribution < 1.29 is 4.52 Å². The van der Waals surface area contributed by atoms with Crippen LogP contribution in [0.1, 0.15) is 11.6 Å². The van der Waals surface area contributed by atoms with Crippen molar-refractivity contribution in [3.63, 3.8) is 0 Å². The van der Waals surface area contributed by atoms with E-state index in [2.05, 4.69) is 30.1 Å². The summed E-state index contributed by atoms with van der Waals surface area (Å²) in [5.74, 6) is 1.94. The van der Waals surface area contributed by atoms with Gasteiger partial charge in [-0.15, -0.1) is 10.2 Å². The third-order valence-electron chi connectivity index (χ3n) is 4.39. The Labute approximate surface area is 161 Å². The minimum atomic E-state index is 0.324. The molecule has 136 valence electrons. The lowest BCUT2D eigenvalue weighted by molar-refractivity contribution is 0.215. The van der Waals surface area contributed by atoms with Crippen LogP contribution in [0.4, 0.5) is 5.82 Å². The molecule has 1 fully saturated rings. The zero-order valence-corrected chi connectivity index (χ0v) is 15.2. The van der Waals surface area contributed by atoms with Gasteiger partial charge in [-0.25, -0.2) is 0 Å². The van der Waals surface area contributed by atoms with Crippen LogP contribution in [0, 0.1) is 11.3 Å². The van der Waals surface area contributed by atoms with Crippen molar-refractivity contribution in [3.8, 4) is 17.5 Å². The number of nitriles is 1. The van der Waals surface area contributed by atoms with Gasteiger partial charge in [-0.1, -0.05) is 16.8 Å². The number of anilines is 1. The van der Waals surface area contributed by atoms with Crippen LogP contribution in [-0.4, -0.2) is 51.4 Å². The molecule has 0 radical (unpaired) electrons. The Morgan fingerprint density at radius 2 is 1.81 bits per heavy atom. The molecule has 0 bridgehead atoms. The van der Waals surface area contributed by atoms with E-state index >= 15 is 0 Å². The molecule has 3 heterocycles. The molecule has 0 amide bonds. The van der Waals surface area contributed by atoms with Gasteiger partial charge in [0.2, 0.25) is 11.7 Å². The van der Waals surface area contributed by atoms with Crippen molar-refractivity contribution in [2.24, 2.45) is 0 Å². The third kappa shape index (κ3) is 4.05. The number of piperazine rings is 1. The Morgan fingerprint density at radius 3 is 2.48 bits per heavy atom. The van der Waals surface area contributed by atoms with Gasteiger partial charge in [0.15, 0.2) is 11.5 Å². The highest BCUT2D eigenvalue weighted by Gasteiger charge is 2.20. The zero-order chi connectivity index (χ0) is 18.6. The molecule has 0 N–H and O–H groups in total. The van der Waals surface area contributed by atoms with Gasteiger partial charge in [-0.2, -0.15) is 10.2 Å². The first kappa shape index (κ1) is 17.4. The van der Waals surface area contributed by atoms with Gasteiger partial charge in [0.25, 0.3) is 0 Å². The minimum Gasteiger partial charge on any atom is -0.353 e. The summed E-state index contributed by atoms with van der Waals surface area (Å²) in [5, 5.41) is 21.5. The molecular formula is C18H16ClN7O. The normalized spacial score (nSPS) is 14.9. The second-order valence-corrected chi connectivity index (χ2v) is 6.61. The van der Waals surface area contributed by atoms with Gasteiger partial charge in [-0.3, -0.25) is 4.90 Å². The molecule has 0 aliphatic carbocycles. The van der Waals surface area contributed by atoms with Crippen molar-refractivity contribution in [1.82, 2.24) is 25.2 Å². The SMILES string of the molecule is N#Cc1ccc(N2CCN(Cc3nc(-c4ccc(Cl)cc4)no3)CC2)nn1. The monoisotopic (exact) mass is 381 g/mol. The fourth-order valence-corrected chi connectivity index (χ4v) is 3.04. The zero-order valence-electron chi connectivity index (χ0n) is 14.4. The number of benzene rings is 1. The number of hydrogen-bond donors (Lipinski definition) is 0. The van der Waals surface area contributed by atoms with E-state index in [-0.39, 0.29) is 0 Å². The number of aromatic nitrogens is 4. The number of halogens is 1. The standard InChI is InChI=1S/C18H16ClN7O/c19-14-3-1-13(2-4-14)18-21-17(27-24-18)12-25-7-9-26(10-8-25)16-6-5-15(11-20)22-23-16/h1-6H,7-10,12H2. The highest BCUT2D eigenvalue weighted by molar-refractivity contribution is 6.30. The van der Waals surface area contributed by atoms with Crippen molar-refractivity contribution in [2.75, 3.05) is 31.1 Å². The molecule has 8 nitrogen and oxygen atoms in total. The molecule has 0 spiro atoms. The van der Waals surface area contributed by atoms with E-state index in [1.54, 1.807) is 18.2 Å². The lowest BCUT2D eigenvalue weighted by Gasteiger charge is -2.34. The van der Waals surface area contributed by atoms with E-state index in [0.29, 0.717) is 29.0 Å². The third-order valence-corrected chi connectivity index (χ3v) is 4.64. The molecule has 1 aliphatic heterocycles. The van der Waals surface area contributed by atoms with Crippen molar-refractivity contribution in [3.05, 3.63) is 53.0 Å². The van der Waals surface area contributed by atoms with Gasteiger partial charge in [0.05, 0.1) is 6.54 Å². The van der Waals surface area contributed by atoms with Gasteiger partial charge < -0.3 is 9.42 Å². The summed E-state index contributed by atoms with van der Waals surface area (Å²) >= 11 is 5.91. The van der Waals surface area contributed by atoms with Crippen LogP contribution in [0.3, 0.4) is 0 Å². The Balaban J connectivity index is 1.34. The molecular weight excluding hydrogens is 366 g/mol. The molecule has 9 heteroatoms. The smallest absolute Gasteiger partial charge is 0.241 e. The predicted molar refractivity (Wildman–Crippen MR) is 99.0 cm³/mol. The predicted octanol–water partition coefficient (Wildman–Crippen LogP) is 2.37. The summed E-state index contributed by atoms with van der Waals surface area (Å²) in [6.45, 7) is 3.94. The Bertz CT molecular complexity index is 941. The lowest BCUT2D eigenvalue weighted by atomic mass is 10.2. The van der Waals surface area contributed by atoms with Gasteiger partial charge >= 0.3 is 0 Å². The van der Waals surface area contributed by atoms with Crippen LogP contribution >= 0.6 is 11.6 Å². The average Bonchev–Trinajstić information content (AvgIpc) is 3.18. The number of rotatable bonds is 4. The summed E-state index contributed by atoms with van der Waals surface area (Å²) in [6, 6.07) is 12.8. The van der Waals surface area contributed by atoms with Gasteiger partial charge in [0, 0.05) is 36.8 Å². The Morgan fingerprint density at radius 1 is 1.04 bits per heavy atom.